The molecular weight excluding hydrogens is 214 g/mol. The summed E-state index contributed by atoms with van der Waals surface area (Å²) in [6.45, 7) is 1.60. The van der Waals surface area contributed by atoms with Crippen LogP contribution in [-0.2, 0) is 4.74 Å². The van der Waals surface area contributed by atoms with Gasteiger partial charge in [-0.1, -0.05) is 0 Å². The standard InChI is InChI=1S/C10H9NO5/c1-6-3-7(5-12)9(10(13)16-2)8(4-6)11(14)15/h3-5H,1-2H3. The van der Waals surface area contributed by atoms with Crippen molar-refractivity contribution in [3.05, 3.63) is 38.9 Å². The van der Waals surface area contributed by atoms with Crippen LogP contribution in [0.5, 0.6) is 0 Å². The van der Waals surface area contributed by atoms with Crippen LogP contribution in [0.2, 0.25) is 0 Å². The molecule has 84 valence electrons. The summed E-state index contributed by atoms with van der Waals surface area (Å²) < 4.78 is 4.41. The van der Waals surface area contributed by atoms with Crippen LogP contribution in [0.1, 0.15) is 26.3 Å². The highest BCUT2D eigenvalue weighted by molar-refractivity contribution is 6.02. The van der Waals surface area contributed by atoms with Gasteiger partial charge in [0.2, 0.25) is 0 Å². The Hall–Kier alpha value is -2.24. The van der Waals surface area contributed by atoms with E-state index in [1.807, 2.05) is 0 Å². The molecule has 0 spiro atoms. The van der Waals surface area contributed by atoms with Gasteiger partial charge in [-0.3, -0.25) is 14.9 Å². The molecule has 0 amide bonds. The van der Waals surface area contributed by atoms with E-state index in [9.17, 15) is 19.7 Å². The van der Waals surface area contributed by atoms with Gasteiger partial charge in [-0.25, -0.2) is 4.79 Å². The Morgan fingerprint density at radius 1 is 1.50 bits per heavy atom. The average Bonchev–Trinajstić information content (AvgIpc) is 2.26. The number of methoxy groups -OCH3 is 1. The molecule has 0 aliphatic rings. The predicted molar refractivity (Wildman–Crippen MR) is 54.6 cm³/mol. The molecule has 16 heavy (non-hydrogen) atoms. The number of ether oxygens (including phenoxy) is 1. The number of aldehydes is 1. The lowest BCUT2D eigenvalue weighted by atomic mass is 10.0. The van der Waals surface area contributed by atoms with E-state index in [0.29, 0.717) is 11.8 Å². The van der Waals surface area contributed by atoms with Gasteiger partial charge in [0.1, 0.15) is 5.56 Å². The van der Waals surface area contributed by atoms with Gasteiger partial charge in [0, 0.05) is 11.6 Å². The summed E-state index contributed by atoms with van der Waals surface area (Å²) in [5.41, 5.74) is -0.248. The third-order valence-corrected chi connectivity index (χ3v) is 2.01. The number of carbonyl (C=O) groups is 2. The molecular formula is C10H9NO5. The molecule has 1 aromatic rings. The van der Waals surface area contributed by atoms with Crippen LogP contribution >= 0.6 is 0 Å². The second kappa shape index (κ2) is 4.52. The molecule has 0 fully saturated rings. The molecule has 0 heterocycles. The van der Waals surface area contributed by atoms with Gasteiger partial charge in [0.15, 0.2) is 6.29 Å². The minimum absolute atomic E-state index is 0.0430. The van der Waals surface area contributed by atoms with Crippen LogP contribution in [0.3, 0.4) is 0 Å². The number of aryl methyl sites for hydroxylation is 1. The van der Waals surface area contributed by atoms with E-state index >= 15 is 0 Å². The second-order valence-electron chi connectivity index (χ2n) is 3.11. The third-order valence-electron chi connectivity index (χ3n) is 2.01. The Kier molecular flexibility index (Phi) is 3.34. The zero-order chi connectivity index (χ0) is 12.3. The monoisotopic (exact) mass is 223 g/mol. The Balaban J connectivity index is 3.57. The highest BCUT2D eigenvalue weighted by Crippen LogP contribution is 2.24. The van der Waals surface area contributed by atoms with Crippen LogP contribution in [0.25, 0.3) is 0 Å². The summed E-state index contributed by atoms with van der Waals surface area (Å²) in [6, 6.07) is 2.62. The van der Waals surface area contributed by atoms with Crippen molar-refractivity contribution in [3.63, 3.8) is 0 Å². The number of nitrogens with zero attached hydrogens (tertiary/aromatic N) is 1. The van der Waals surface area contributed by atoms with Gasteiger partial charge in [0.05, 0.1) is 12.0 Å². The van der Waals surface area contributed by atoms with Crippen molar-refractivity contribution >= 4 is 17.9 Å². The number of hydrogen-bond acceptors (Lipinski definition) is 5. The third kappa shape index (κ3) is 2.05. The number of hydrogen-bond donors (Lipinski definition) is 0. The fourth-order valence-electron chi connectivity index (χ4n) is 1.36. The van der Waals surface area contributed by atoms with Crippen molar-refractivity contribution in [1.82, 2.24) is 0 Å². The minimum Gasteiger partial charge on any atom is -0.465 e. The molecule has 0 bridgehead atoms. The Morgan fingerprint density at radius 3 is 2.56 bits per heavy atom. The summed E-state index contributed by atoms with van der Waals surface area (Å²) >= 11 is 0. The molecule has 0 atom stereocenters. The molecule has 1 aromatic carbocycles. The fraction of sp³-hybridized carbons (Fsp3) is 0.200. The summed E-state index contributed by atoms with van der Waals surface area (Å²) in [7, 11) is 1.10. The number of benzene rings is 1. The Morgan fingerprint density at radius 2 is 2.12 bits per heavy atom. The van der Waals surface area contributed by atoms with E-state index in [-0.39, 0.29) is 11.1 Å². The zero-order valence-corrected chi connectivity index (χ0v) is 8.72. The fourth-order valence-corrected chi connectivity index (χ4v) is 1.36. The van der Waals surface area contributed by atoms with Crippen LogP contribution < -0.4 is 0 Å². The number of nitro groups is 1. The Bertz CT molecular complexity index is 467. The average molecular weight is 223 g/mol. The smallest absolute Gasteiger partial charge is 0.345 e. The maximum Gasteiger partial charge on any atom is 0.345 e. The highest BCUT2D eigenvalue weighted by Gasteiger charge is 2.25. The van der Waals surface area contributed by atoms with Gasteiger partial charge in [-0.15, -0.1) is 0 Å². The molecule has 0 saturated carbocycles. The van der Waals surface area contributed by atoms with Gasteiger partial charge in [-0.2, -0.15) is 0 Å². The molecule has 0 aromatic heterocycles. The molecule has 6 nitrogen and oxygen atoms in total. The molecule has 0 radical (unpaired) electrons. The first-order valence-electron chi connectivity index (χ1n) is 4.33. The second-order valence-corrected chi connectivity index (χ2v) is 3.11. The van der Waals surface area contributed by atoms with Crippen LogP contribution in [0.4, 0.5) is 5.69 Å². The first-order chi connectivity index (χ1) is 7.51. The summed E-state index contributed by atoms with van der Waals surface area (Å²) in [5.74, 6) is -0.895. The van der Waals surface area contributed by atoms with E-state index in [1.165, 1.54) is 12.1 Å². The molecule has 0 unspecified atom stereocenters. The van der Waals surface area contributed by atoms with E-state index in [0.717, 1.165) is 7.11 Å². The zero-order valence-electron chi connectivity index (χ0n) is 8.72. The van der Waals surface area contributed by atoms with Crippen molar-refractivity contribution in [2.24, 2.45) is 0 Å². The van der Waals surface area contributed by atoms with E-state index < -0.39 is 16.6 Å². The quantitative estimate of drug-likeness (QED) is 0.335. The van der Waals surface area contributed by atoms with Gasteiger partial charge in [0.25, 0.3) is 5.69 Å². The van der Waals surface area contributed by atoms with E-state index in [1.54, 1.807) is 6.92 Å². The molecule has 0 N–H and O–H groups in total. The summed E-state index contributed by atoms with van der Waals surface area (Å²) in [4.78, 5) is 32.1. The van der Waals surface area contributed by atoms with Crippen LogP contribution in [-0.4, -0.2) is 24.3 Å². The van der Waals surface area contributed by atoms with Crippen LogP contribution in [0.15, 0.2) is 12.1 Å². The maximum absolute atomic E-state index is 11.3. The molecule has 1 rings (SSSR count). The summed E-state index contributed by atoms with van der Waals surface area (Å²) in [5, 5.41) is 10.7. The lowest BCUT2D eigenvalue weighted by Gasteiger charge is -2.05. The van der Waals surface area contributed by atoms with Crippen LogP contribution in [0, 0.1) is 17.0 Å². The van der Waals surface area contributed by atoms with Crippen molar-refractivity contribution in [1.29, 1.82) is 0 Å². The van der Waals surface area contributed by atoms with Gasteiger partial charge in [-0.05, 0) is 18.6 Å². The van der Waals surface area contributed by atoms with Gasteiger partial charge >= 0.3 is 5.97 Å². The molecule has 0 aliphatic heterocycles. The normalized spacial score (nSPS) is 9.62. The highest BCUT2D eigenvalue weighted by atomic mass is 16.6. The molecule has 6 heteroatoms. The predicted octanol–water partition coefficient (Wildman–Crippen LogP) is 1.50. The van der Waals surface area contributed by atoms with Gasteiger partial charge < -0.3 is 4.74 Å². The minimum atomic E-state index is -0.895. The lowest BCUT2D eigenvalue weighted by molar-refractivity contribution is -0.385. The topological polar surface area (TPSA) is 86.5 Å². The number of carbonyl (C=O) groups excluding carboxylic acids is 2. The van der Waals surface area contributed by atoms with E-state index in [2.05, 4.69) is 4.74 Å². The number of rotatable bonds is 3. The first kappa shape index (κ1) is 11.8. The number of nitro benzene ring substituents is 1. The lowest BCUT2D eigenvalue weighted by Crippen LogP contribution is -2.09. The van der Waals surface area contributed by atoms with E-state index in [4.69, 9.17) is 0 Å². The van der Waals surface area contributed by atoms with Crippen molar-refractivity contribution in [2.75, 3.05) is 7.11 Å². The Labute approximate surface area is 91.0 Å². The SMILES string of the molecule is COC(=O)c1c(C=O)cc(C)cc1[N+](=O)[O-]. The number of esters is 1. The van der Waals surface area contributed by atoms with Crippen molar-refractivity contribution in [2.45, 2.75) is 6.92 Å². The molecule has 0 aliphatic carbocycles. The van der Waals surface area contributed by atoms with Crippen molar-refractivity contribution in [3.8, 4) is 0 Å². The molecule has 0 saturated heterocycles. The summed E-state index contributed by atoms with van der Waals surface area (Å²) in [6.07, 6.45) is 0.395. The first-order valence-corrected chi connectivity index (χ1v) is 4.33. The largest absolute Gasteiger partial charge is 0.465 e. The maximum atomic E-state index is 11.3. The van der Waals surface area contributed by atoms with Crippen molar-refractivity contribution < 1.29 is 19.2 Å².